The van der Waals surface area contributed by atoms with Gasteiger partial charge in [0, 0.05) is 18.4 Å². The summed E-state index contributed by atoms with van der Waals surface area (Å²) in [5.74, 6) is 1.69. The van der Waals surface area contributed by atoms with Crippen molar-refractivity contribution < 1.29 is 4.79 Å². The van der Waals surface area contributed by atoms with Gasteiger partial charge in [0.15, 0.2) is 0 Å². The Morgan fingerprint density at radius 2 is 1.92 bits per heavy atom. The van der Waals surface area contributed by atoms with Gasteiger partial charge in [0.05, 0.1) is 16.7 Å². The summed E-state index contributed by atoms with van der Waals surface area (Å²) in [6, 6.07) is 6.26. The Hall–Kier alpha value is -1.59. The Labute approximate surface area is 161 Å². The predicted octanol–water partition coefficient (Wildman–Crippen LogP) is 2.90. The van der Waals surface area contributed by atoms with Crippen LogP contribution in [0, 0.1) is 24.7 Å². The summed E-state index contributed by atoms with van der Waals surface area (Å²) in [6.45, 7) is 8.37. The molecule has 2 unspecified atom stereocenters. The van der Waals surface area contributed by atoms with Gasteiger partial charge in [0.1, 0.15) is 0 Å². The molecular weight excluding hydrogens is 348 g/mol. The van der Waals surface area contributed by atoms with Gasteiger partial charge < -0.3 is 10.6 Å². The minimum atomic E-state index is -0.486. The van der Waals surface area contributed by atoms with E-state index in [2.05, 4.69) is 49.6 Å². The van der Waals surface area contributed by atoms with E-state index < -0.39 is 5.54 Å². The predicted molar refractivity (Wildman–Crippen MR) is 106 cm³/mol. The van der Waals surface area contributed by atoms with Gasteiger partial charge in [-0.3, -0.25) is 9.48 Å². The molecule has 2 fully saturated rings. The minimum absolute atomic E-state index is 0. The highest BCUT2D eigenvalue weighted by atomic mass is 35.5. The Bertz CT molecular complexity index is 817. The van der Waals surface area contributed by atoms with Gasteiger partial charge in [-0.25, -0.2) is 0 Å². The topological polar surface area (TPSA) is 59.0 Å². The lowest BCUT2D eigenvalue weighted by atomic mass is 9.94. The molecule has 1 aromatic carbocycles. The molecule has 1 aliphatic carbocycles. The highest BCUT2D eigenvalue weighted by Gasteiger charge is 2.41. The number of aryl methyl sites for hydroxylation is 2. The largest absolute Gasteiger partial charge is 0.345 e. The molecule has 1 saturated heterocycles. The number of hydrogen-bond donors (Lipinski definition) is 2. The molecule has 26 heavy (non-hydrogen) atoms. The van der Waals surface area contributed by atoms with Gasteiger partial charge in [-0.2, -0.15) is 5.10 Å². The first kappa shape index (κ1) is 19.2. The zero-order valence-electron chi connectivity index (χ0n) is 16.0. The smallest absolute Gasteiger partial charge is 0.223 e. The average Bonchev–Trinajstić information content (AvgIpc) is 3.20. The molecule has 1 amide bonds. The van der Waals surface area contributed by atoms with E-state index in [0.717, 1.165) is 42.5 Å². The molecule has 0 bridgehead atoms. The van der Waals surface area contributed by atoms with E-state index in [-0.39, 0.29) is 24.2 Å². The number of rotatable bonds is 3. The molecule has 1 saturated carbocycles. The number of nitrogens with zero attached hydrogens (tertiary/aromatic N) is 2. The molecule has 3 atom stereocenters. The third kappa shape index (κ3) is 3.12. The van der Waals surface area contributed by atoms with Crippen LogP contribution in [0.3, 0.4) is 0 Å². The summed E-state index contributed by atoms with van der Waals surface area (Å²) in [5.41, 5.74) is 2.81. The average molecular weight is 377 g/mol. The van der Waals surface area contributed by atoms with Gasteiger partial charge in [-0.15, -0.1) is 12.4 Å². The van der Waals surface area contributed by atoms with Crippen molar-refractivity contribution >= 4 is 29.2 Å². The van der Waals surface area contributed by atoms with Crippen LogP contribution >= 0.6 is 12.4 Å². The third-order valence-corrected chi connectivity index (χ3v) is 6.12. The fourth-order valence-electron chi connectivity index (χ4n) is 4.84. The summed E-state index contributed by atoms with van der Waals surface area (Å²) < 4.78 is 1.93. The van der Waals surface area contributed by atoms with Crippen LogP contribution in [-0.4, -0.2) is 28.8 Å². The van der Waals surface area contributed by atoms with Gasteiger partial charge in [0.25, 0.3) is 0 Å². The van der Waals surface area contributed by atoms with Crippen LogP contribution in [0.5, 0.6) is 0 Å². The van der Waals surface area contributed by atoms with Crippen LogP contribution in [0.15, 0.2) is 18.2 Å². The number of carbonyl (C=O) groups excluding carboxylic acids is 1. The van der Waals surface area contributed by atoms with Gasteiger partial charge in [-0.1, -0.05) is 18.2 Å². The first-order valence-corrected chi connectivity index (χ1v) is 9.32. The van der Waals surface area contributed by atoms with Crippen molar-refractivity contribution in [1.29, 1.82) is 0 Å². The maximum atomic E-state index is 12.9. The van der Waals surface area contributed by atoms with E-state index >= 15 is 0 Å². The Morgan fingerprint density at radius 3 is 2.58 bits per heavy atom. The monoisotopic (exact) mass is 376 g/mol. The van der Waals surface area contributed by atoms with E-state index in [1.54, 1.807) is 0 Å². The number of carbonyl (C=O) groups is 1. The van der Waals surface area contributed by atoms with Gasteiger partial charge in [0.2, 0.25) is 5.91 Å². The lowest BCUT2D eigenvalue weighted by molar-refractivity contribution is -0.126. The van der Waals surface area contributed by atoms with Crippen LogP contribution in [-0.2, 0) is 17.4 Å². The quantitative estimate of drug-likeness (QED) is 0.865. The maximum Gasteiger partial charge on any atom is 0.223 e. The van der Waals surface area contributed by atoms with Crippen LogP contribution in [0.4, 0.5) is 0 Å². The fraction of sp³-hybridized carbons (Fsp3) is 0.600. The lowest BCUT2D eigenvalue weighted by Gasteiger charge is -2.27. The number of para-hydroxylation sites is 1. The summed E-state index contributed by atoms with van der Waals surface area (Å²) in [7, 11) is 1.97. The van der Waals surface area contributed by atoms with Crippen LogP contribution < -0.4 is 10.6 Å². The van der Waals surface area contributed by atoms with E-state index in [0.29, 0.717) is 11.8 Å². The van der Waals surface area contributed by atoms with Crippen molar-refractivity contribution in [3.05, 3.63) is 29.5 Å². The number of halogens is 1. The number of nitrogens with one attached hydrogen (secondary N) is 2. The van der Waals surface area contributed by atoms with E-state index in [1.807, 2.05) is 11.7 Å². The van der Waals surface area contributed by atoms with Crippen molar-refractivity contribution in [2.75, 3.05) is 13.1 Å². The highest BCUT2D eigenvalue weighted by Crippen LogP contribution is 2.39. The standard InChI is InChI=1S/C20H28N4O.ClH/c1-12-6-5-7-16-17(12)24(4)23-18(16)20(2,3)22-19(25)13-8-14-10-21-11-15(14)9-13;/h5-7,13-15,21H,8-11H2,1-4H3,(H,22,25);1H/t13?,14-,15?;/m1./s1. The molecule has 1 aromatic heterocycles. The first-order chi connectivity index (χ1) is 11.9. The number of fused-ring (bicyclic) bond motifs is 2. The third-order valence-electron chi connectivity index (χ3n) is 6.12. The van der Waals surface area contributed by atoms with Crippen LogP contribution in [0.2, 0.25) is 0 Å². The SMILES string of the molecule is Cc1cccc2c(C(C)(C)NC(=O)C3CC4CNC[C@H]4C3)nn(C)c12.Cl. The van der Waals surface area contributed by atoms with E-state index in [9.17, 15) is 4.79 Å². The molecule has 2 aliphatic rings. The molecule has 2 aromatic rings. The maximum absolute atomic E-state index is 12.9. The Balaban J connectivity index is 0.00000196. The normalized spacial score (nSPS) is 25.2. The van der Waals surface area contributed by atoms with Gasteiger partial charge >= 0.3 is 0 Å². The second kappa shape index (κ2) is 6.86. The first-order valence-electron chi connectivity index (χ1n) is 9.32. The van der Waals surface area contributed by atoms with E-state index in [4.69, 9.17) is 5.10 Å². The molecule has 0 spiro atoms. The summed E-state index contributed by atoms with van der Waals surface area (Å²) >= 11 is 0. The number of aromatic nitrogens is 2. The highest BCUT2D eigenvalue weighted by molar-refractivity contribution is 5.87. The van der Waals surface area contributed by atoms with Crippen molar-refractivity contribution in [1.82, 2.24) is 20.4 Å². The number of amides is 1. The van der Waals surface area contributed by atoms with Crippen molar-refractivity contribution in [3.8, 4) is 0 Å². The number of hydrogen-bond acceptors (Lipinski definition) is 3. The summed E-state index contributed by atoms with van der Waals surface area (Å²) in [4.78, 5) is 12.9. The van der Waals surface area contributed by atoms with Crippen molar-refractivity contribution in [2.45, 2.75) is 39.2 Å². The molecule has 1 aliphatic heterocycles. The molecule has 0 radical (unpaired) electrons. The Kier molecular flexibility index (Phi) is 5.06. The number of benzene rings is 1. The lowest BCUT2D eigenvalue weighted by Crippen LogP contribution is -2.44. The molecular formula is C20H29ClN4O. The van der Waals surface area contributed by atoms with E-state index in [1.165, 1.54) is 5.56 Å². The summed E-state index contributed by atoms with van der Waals surface area (Å²) in [6.07, 6.45) is 2.03. The molecule has 2 N–H and O–H groups in total. The molecule has 4 rings (SSSR count). The zero-order valence-corrected chi connectivity index (χ0v) is 16.8. The van der Waals surface area contributed by atoms with Crippen molar-refractivity contribution in [3.63, 3.8) is 0 Å². The second-order valence-electron chi connectivity index (χ2n) is 8.40. The molecule has 2 heterocycles. The van der Waals surface area contributed by atoms with Crippen LogP contribution in [0.25, 0.3) is 10.9 Å². The fourth-order valence-corrected chi connectivity index (χ4v) is 4.84. The zero-order chi connectivity index (χ0) is 17.8. The molecule has 5 nitrogen and oxygen atoms in total. The molecule has 6 heteroatoms. The van der Waals surface area contributed by atoms with Crippen LogP contribution in [0.1, 0.15) is 37.9 Å². The molecule has 142 valence electrons. The Morgan fingerprint density at radius 1 is 1.27 bits per heavy atom. The summed E-state index contributed by atoms with van der Waals surface area (Å²) in [5, 5.41) is 12.6. The second-order valence-corrected chi connectivity index (χ2v) is 8.40. The minimum Gasteiger partial charge on any atom is -0.345 e. The van der Waals surface area contributed by atoms with Gasteiger partial charge in [-0.05, 0) is 64.1 Å². The van der Waals surface area contributed by atoms with Crippen molar-refractivity contribution in [2.24, 2.45) is 24.8 Å².